The molecule has 0 aromatic carbocycles. The quantitative estimate of drug-likeness (QED) is 0.531. The van der Waals surface area contributed by atoms with E-state index in [0.717, 1.165) is 6.42 Å². The van der Waals surface area contributed by atoms with E-state index in [0.29, 0.717) is 19.5 Å². The van der Waals surface area contributed by atoms with E-state index in [4.69, 9.17) is 5.73 Å². The maximum atomic E-state index is 10.8. The van der Waals surface area contributed by atoms with Gasteiger partial charge in [0.05, 0.1) is 0 Å². The van der Waals surface area contributed by atoms with Gasteiger partial charge in [-0.3, -0.25) is 4.79 Å². The summed E-state index contributed by atoms with van der Waals surface area (Å²) in [4.78, 5) is 21.0. The molecule has 0 radical (unpaired) electrons. The number of amides is 3. The Hall–Kier alpha value is -1.26. The number of urea groups is 1. The van der Waals surface area contributed by atoms with Gasteiger partial charge in [0.2, 0.25) is 5.91 Å². The van der Waals surface area contributed by atoms with E-state index in [1.165, 1.54) is 0 Å². The number of carbonyl (C=O) groups is 2. The van der Waals surface area contributed by atoms with Crippen molar-refractivity contribution in [3.8, 4) is 0 Å². The predicted molar refractivity (Wildman–Crippen MR) is 51.8 cm³/mol. The molecular weight excluding hydrogens is 158 g/mol. The van der Waals surface area contributed by atoms with Crippen LogP contribution in [0.2, 0.25) is 0 Å². The minimum atomic E-state index is -0.570. The van der Waals surface area contributed by atoms with Crippen molar-refractivity contribution in [2.45, 2.75) is 19.8 Å². The first kappa shape index (κ1) is 10.7. The number of nitrogens with one attached hydrogen (secondary N) is 2. The maximum Gasteiger partial charge on any atom is 0.312 e. The summed E-state index contributed by atoms with van der Waals surface area (Å²) in [6.07, 6.45) is 1.35. The van der Waals surface area contributed by atoms with Crippen LogP contribution in [0.1, 0.15) is 24.0 Å². The second kappa shape index (κ2) is 6.45. The van der Waals surface area contributed by atoms with Crippen LogP contribution in [-0.4, -0.2) is 25.0 Å². The van der Waals surface area contributed by atoms with Gasteiger partial charge in [0, 0.05) is 23.8 Å². The first-order valence-electron chi connectivity index (χ1n) is 3.96. The largest absolute Gasteiger partial charge is 0.354 e. The number of primary amides is 1. The van der Waals surface area contributed by atoms with Crippen molar-refractivity contribution < 1.29 is 13.9 Å². The molecule has 76 valence electrons. The lowest BCUT2D eigenvalue weighted by Gasteiger charge is -2.03. The Morgan fingerprint density at radius 2 is 1.92 bits per heavy atom. The summed E-state index contributed by atoms with van der Waals surface area (Å²) >= 11 is 0. The number of rotatable bonds is 5. The summed E-state index contributed by atoms with van der Waals surface area (Å²) in [5, 5.41) is 5.00. The predicted octanol–water partition coefficient (Wildman–Crippen LogP) is 0.309. The lowest BCUT2D eigenvalue weighted by Crippen LogP contribution is -2.37. The van der Waals surface area contributed by atoms with Crippen LogP contribution in [0, 0.1) is 0 Å². The zero-order chi connectivity index (χ0) is 9.40. The molecule has 0 spiro atoms. The third-order valence-corrected chi connectivity index (χ3v) is 1.22. The van der Waals surface area contributed by atoms with Gasteiger partial charge in [0.25, 0.3) is 0 Å². The lowest BCUT2D eigenvalue weighted by atomic mass is 10.3. The van der Waals surface area contributed by atoms with Crippen LogP contribution in [0.5, 0.6) is 0 Å². The van der Waals surface area contributed by atoms with Crippen LogP contribution >= 0.6 is 0 Å². The fourth-order valence-corrected chi connectivity index (χ4v) is 0.703. The highest BCUT2D eigenvalue weighted by Crippen LogP contribution is 1.83. The lowest BCUT2D eigenvalue weighted by molar-refractivity contribution is -0.121. The second-order valence-corrected chi connectivity index (χ2v) is 2.39. The standard InChI is InChI=1S/C7H15N3O2.3H2/c1-2-3-6(11)9-4-5-10-7(8)12;;;/h2-5H2,1H3,(H,9,11)(H3,8,10,12);3*1H. The highest BCUT2D eigenvalue weighted by atomic mass is 16.2. The van der Waals surface area contributed by atoms with Crippen LogP contribution in [0.4, 0.5) is 4.79 Å². The van der Waals surface area contributed by atoms with Gasteiger partial charge in [0.15, 0.2) is 0 Å². The first-order valence-corrected chi connectivity index (χ1v) is 3.96. The first-order chi connectivity index (χ1) is 5.66. The summed E-state index contributed by atoms with van der Waals surface area (Å²) in [6.45, 7) is 2.74. The zero-order valence-electron chi connectivity index (χ0n) is 7.22. The average molecular weight is 179 g/mol. The molecule has 0 aliphatic carbocycles. The monoisotopic (exact) mass is 179 g/mol. The van der Waals surface area contributed by atoms with Crippen molar-refractivity contribution >= 4 is 11.9 Å². The molecule has 0 atom stereocenters. The minimum Gasteiger partial charge on any atom is -0.354 e. The molecule has 0 aliphatic heterocycles. The molecule has 5 heteroatoms. The molecule has 0 unspecified atom stereocenters. The molecule has 0 bridgehead atoms. The van der Waals surface area contributed by atoms with Crippen LogP contribution in [0.3, 0.4) is 0 Å². The molecule has 4 N–H and O–H groups in total. The van der Waals surface area contributed by atoms with Gasteiger partial charge >= 0.3 is 6.03 Å². The Labute approximate surface area is 76.1 Å². The van der Waals surface area contributed by atoms with Crippen LogP contribution in [-0.2, 0) is 4.79 Å². The van der Waals surface area contributed by atoms with Crippen molar-refractivity contribution in [3.63, 3.8) is 0 Å². The normalized spacial score (nSPS) is 9.08. The maximum absolute atomic E-state index is 10.8. The molecule has 0 fully saturated rings. The van der Waals surface area contributed by atoms with Gasteiger partial charge in [0.1, 0.15) is 0 Å². The fourth-order valence-electron chi connectivity index (χ4n) is 0.703. The topological polar surface area (TPSA) is 84.2 Å². The molecule has 12 heavy (non-hydrogen) atoms. The highest BCUT2D eigenvalue weighted by molar-refractivity contribution is 5.76. The van der Waals surface area contributed by atoms with Crippen molar-refractivity contribution in [1.29, 1.82) is 0 Å². The molecular formula is C7H21N3O2. The van der Waals surface area contributed by atoms with E-state index in [9.17, 15) is 9.59 Å². The Kier molecular flexibility index (Phi) is 5.77. The number of nitrogens with two attached hydrogens (primary N) is 1. The van der Waals surface area contributed by atoms with Gasteiger partial charge in [-0.1, -0.05) is 6.92 Å². The SMILES string of the molecule is CCCC(=O)NCCNC(N)=O.[HH].[HH].[HH]. The fraction of sp³-hybridized carbons (Fsp3) is 0.714. The highest BCUT2D eigenvalue weighted by Gasteiger charge is 1.97. The molecule has 0 saturated carbocycles. The Morgan fingerprint density at radius 1 is 1.33 bits per heavy atom. The summed E-state index contributed by atoms with van der Waals surface area (Å²) in [7, 11) is 0. The molecule has 0 rings (SSSR count). The van der Waals surface area contributed by atoms with Gasteiger partial charge in [-0.05, 0) is 6.42 Å². The smallest absolute Gasteiger partial charge is 0.312 e. The van der Waals surface area contributed by atoms with E-state index in [1.54, 1.807) is 0 Å². The average Bonchev–Trinajstić information content (AvgIpc) is 1.98. The van der Waals surface area contributed by atoms with E-state index < -0.39 is 6.03 Å². The Bertz CT molecular complexity index is 170. The van der Waals surface area contributed by atoms with Gasteiger partial charge < -0.3 is 16.4 Å². The molecule has 3 amide bonds. The van der Waals surface area contributed by atoms with E-state index in [1.807, 2.05) is 6.92 Å². The number of hydrogen-bond donors (Lipinski definition) is 3. The van der Waals surface area contributed by atoms with E-state index in [-0.39, 0.29) is 10.2 Å². The Balaban J connectivity index is -0.000000202. The minimum absolute atomic E-state index is 0. The van der Waals surface area contributed by atoms with Crippen molar-refractivity contribution in [2.24, 2.45) is 5.73 Å². The summed E-state index contributed by atoms with van der Waals surface area (Å²) < 4.78 is 0. The van der Waals surface area contributed by atoms with Crippen molar-refractivity contribution in [3.05, 3.63) is 0 Å². The second-order valence-electron chi connectivity index (χ2n) is 2.39. The number of hydrogen-bond acceptors (Lipinski definition) is 2. The van der Waals surface area contributed by atoms with Crippen LogP contribution in [0.15, 0.2) is 0 Å². The Morgan fingerprint density at radius 3 is 2.42 bits per heavy atom. The van der Waals surface area contributed by atoms with Crippen LogP contribution in [0.25, 0.3) is 0 Å². The third-order valence-electron chi connectivity index (χ3n) is 1.22. The summed E-state index contributed by atoms with van der Waals surface area (Å²) in [6, 6.07) is -0.570. The molecule has 0 aromatic rings. The molecule has 0 saturated heterocycles. The third kappa shape index (κ3) is 6.85. The van der Waals surface area contributed by atoms with E-state index >= 15 is 0 Å². The van der Waals surface area contributed by atoms with Gasteiger partial charge in [-0.15, -0.1) is 0 Å². The van der Waals surface area contributed by atoms with Crippen LogP contribution < -0.4 is 16.4 Å². The van der Waals surface area contributed by atoms with Gasteiger partial charge in [-0.2, -0.15) is 0 Å². The van der Waals surface area contributed by atoms with Crippen molar-refractivity contribution in [1.82, 2.24) is 10.6 Å². The molecule has 0 aliphatic rings. The summed E-state index contributed by atoms with van der Waals surface area (Å²) in [5.41, 5.74) is 4.81. The molecule has 5 nitrogen and oxygen atoms in total. The zero-order valence-corrected chi connectivity index (χ0v) is 7.22. The summed E-state index contributed by atoms with van der Waals surface area (Å²) in [5.74, 6) is 0.00349. The molecule has 0 aromatic heterocycles. The number of carbonyl (C=O) groups excluding carboxylic acids is 2. The molecule has 0 heterocycles. The van der Waals surface area contributed by atoms with E-state index in [2.05, 4.69) is 10.6 Å². The van der Waals surface area contributed by atoms with Gasteiger partial charge in [-0.25, -0.2) is 4.79 Å². The van der Waals surface area contributed by atoms with Crippen molar-refractivity contribution in [2.75, 3.05) is 13.1 Å².